The van der Waals surface area contributed by atoms with Gasteiger partial charge in [-0.3, -0.25) is 38.6 Å². The lowest BCUT2D eigenvalue weighted by atomic mass is 9.98. The standard InChI is InChI=1S/C37H70N12O11/c1-6-20(4)27(40)34(57)45-23(13-8-10-16-39)32(55)49-29(21(5)50)35(58)46-22(12-7-9-15-38)30(53)44-24(14-11-17-43-37(41)42)31(54)47-25(18-26(51)52)33(56)48-28(19(2)3)36(59)60/h19-25,27-29,50H,6-18,38-40H2,1-5H3,(H,44,53)(H,45,57)(H,46,58)(H,47,54)(H,48,56)(H,49,55)(H,51,52)(H,59,60)(H4,41,42,43)/t20-,21+,22-,23-,24-,25-,27-,28-,29-/m0/s1. The third-order valence-corrected chi connectivity index (χ3v) is 9.60. The Morgan fingerprint density at radius 3 is 1.42 bits per heavy atom. The second-order valence-electron chi connectivity index (χ2n) is 15.1. The van der Waals surface area contributed by atoms with E-state index in [-0.39, 0.29) is 50.7 Å². The highest BCUT2D eigenvalue weighted by molar-refractivity contribution is 5.97. The molecule has 0 aliphatic carbocycles. The van der Waals surface area contributed by atoms with Crippen LogP contribution in [0.2, 0.25) is 0 Å². The van der Waals surface area contributed by atoms with Crippen LogP contribution in [0.3, 0.4) is 0 Å². The maximum atomic E-state index is 13.9. The van der Waals surface area contributed by atoms with Crippen LogP contribution in [0.25, 0.3) is 0 Å². The first-order chi connectivity index (χ1) is 28.1. The number of rotatable bonds is 31. The van der Waals surface area contributed by atoms with E-state index in [2.05, 4.69) is 36.9 Å². The predicted molar refractivity (Wildman–Crippen MR) is 221 cm³/mol. The van der Waals surface area contributed by atoms with Crippen LogP contribution < -0.4 is 60.6 Å². The number of carbonyl (C=O) groups excluding carboxylic acids is 6. The van der Waals surface area contributed by atoms with E-state index >= 15 is 0 Å². The number of hydrogen-bond donors (Lipinski definition) is 14. The summed E-state index contributed by atoms with van der Waals surface area (Å²) in [5, 5.41) is 44.3. The van der Waals surface area contributed by atoms with Crippen molar-refractivity contribution in [1.82, 2.24) is 31.9 Å². The van der Waals surface area contributed by atoms with Crippen molar-refractivity contribution in [2.75, 3.05) is 19.6 Å². The lowest BCUT2D eigenvalue weighted by Gasteiger charge is -2.28. The highest BCUT2D eigenvalue weighted by atomic mass is 16.4. The lowest BCUT2D eigenvalue weighted by Crippen LogP contribution is -2.61. The molecule has 0 unspecified atom stereocenters. The van der Waals surface area contributed by atoms with Crippen LogP contribution in [0.4, 0.5) is 0 Å². The molecule has 0 rings (SSSR count). The largest absolute Gasteiger partial charge is 0.481 e. The van der Waals surface area contributed by atoms with Gasteiger partial charge in [0.1, 0.15) is 36.3 Å². The number of nitrogens with one attached hydrogen (secondary N) is 6. The highest BCUT2D eigenvalue weighted by Gasteiger charge is 2.36. The molecule has 19 N–H and O–H groups in total. The number of amides is 6. The number of nitrogens with zero attached hydrogens (tertiary/aromatic N) is 1. The minimum Gasteiger partial charge on any atom is -0.481 e. The summed E-state index contributed by atoms with van der Waals surface area (Å²) in [7, 11) is 0. The maximum absolute atomic E-state index is 13.9. The van der Waals surface area contributed by atoms with Crippen molar-refractivity contribution in [3.63, 3.8) is 0 Å². The van der Waals surface area contributed by atoms with E-state index in [1.165, 1.54) is 20.8 Å². The molecule has 0 spiro atoms. The Morgan fingerprint density at radius 2 is 1.00 bits per heavy atom. The molecule has 0 aromatic heterocycles. The summed E-state index contributed by atoms with van der Waals surface area (Å²) in [5.41, 5.74) is 28.2. The van der Waals surface area contributed by atoms with E-state index in [1.807, 2.05) is 6.92 Å². The molecule has 60 heavy (non-hydrogen) atoms. The van der Waals surface area contributed by atoms with E-state index in [0.717, 1.165) is 0 Å². The van der Waals surface area contributed by atoms with Crippen LogP contribution in [0.1, 0.15) is 98.8 Å². The molecule has 0 saturated heterocycles. The molecule has 0 aliphatic heterocycles. The molecule has 6 amide bonds. The number of aliphatic imine (C=N–C) groups is 1. The molecule has 0 bridgehead atoms. The van der Waals surface area contributed by atoms with E-state index in [4.69, 9.17) is 28.7 Å². The maximum Gasteiger partial charge on any atom is 0.326 e. The van der Waals surface area contributed by atoms with Gasteiger partial charge in [-0.05, 0) is 83.2 Å². The zero-order valence-corrected chi connectivity index (χ0v) is 35.4. The highest BCUT2D eigenvalue weighted by Crippen LogP contribution is 2.11. The number of carboxylic acids is 2. The number of carbonyl (C=O) groups is 8. The number of aliphatic carboxylic acids is 2. The molecule has 0 aliphatic rings. The van der Waals surface area contributed by atoms with Gasteiger partial charge in [-0.2, -0.15) is 0 Å². The Bertz CT molecular complexity index is 1440. The minimum absolute atomic E-state index is 0.000623. The second-order valence-corrected chi connectivity index (χ2v) is 15.1. The summed E-state index contributed by atoms with van der Waals surface area (Å²) in [6.45, 7) is 8.45. The monoisotopic (exact) mass is 859 g/mol. The van der Waals surface area contributed by atoms with Crippen molar-refractivity contribution in [2.24, 2.45) is 45.5 Å². The van der Waals surface area contributed by atoms with E-state index in [1.54, 1.807) is 6.92 Å². The van der Waals surface area contributed by atoms with Crippen LogP contribution in [-0.2, 0) is 38.4 Å². The quantitative estimate of drug-likeness (QED) is 0.0180. The summed E-state index contributed by atoms with van der Waals surface area (Å²) in [6.07, 6.45) is -0.126. The van der Waals surface area contributed by atoms with Gasteiger partial charge in [0.05, 0.1) is 18.6 Å². The number of aliphatic hydroxyl groups excluding tert-OH is 1. The number of carboxylic acid groups (broad SMARTS) is 2. The van der Waals surface area contributed by atoms with Gasteiger partial charge < -0.3 is 75.9 Å². The van der Waals surface area contributed by atoms with Gasteiger partial charge in [-0.25, -0.2) is 4.79 Å². The lowest BCUT2D eigenvalue weighted by molar-refractivity contribution is -0.144. The number of guanidine groups is 1. The molecular formula is C37H70N12O11. The van der Waals surface area contributed by atoms with Crippen LogP contribution in [0.15, 0.2) is 4.99 Å². The Morgan fingerprint density at radius 1 is 0.583 bits per heavy atom. The van der Waals surface area contributed by atoms with Gasteiger partial charge in [-0.15, -0.1) is 0 Å². The van der Waals surface area contributed by atoms with Gasteiger partial charge in [0, 0.05) is 6.54 Å². The molecule has 0 aromatic rings. The van der Waals surface area contributed by atoms with Crippen molar-refractivity contribution >= 4 is 53.3 Å². The molecule has 0 fully saturated rings. The van der Waals surface area contributed by atoms with E-state index in [0.29, 0.717) is 38.6 Å². The second kappa shape index (κ2) is 29.2. The average molecular weight is 859 g/mol. The van der Waals surface area contributed by atoms with Gasteiger partial charge in [0.15, 0.2) is 5.96 Å². The molecule has 0 radical (unpaired) electrons. The first-order valence-corrected chi connectivity index (χ1v) is 20.3. The zero-order chi connectivity index (χ0) is 46.1. The summed E-state index contributed by atoms with van der Waals surface area (Å²) in [5.74, 6) is -9.36. The van der Waals surface area contributed by atoms with Gasteiger partial charge >= 0.3 is 11.9 Å². The van der Waals surface area contributed by atoms with Crippen molar-refractivity contribution in [3.05, 3.63) is 0 Å². The summed E-state index contributed by atoms with van der Waals surface area (Å²) in [6, 6.07) is -9.74. The van der Waals surface area contributed by atoms with Crippen LogP contribution in [-0.4, -0.2) is 137 Å². The van der Waals surface area contributed by atoms with Crippen LogP contribution >= 0.6 is 0 Å². The fraction of sp³-hybridized carbons (Fsp3) is 0.757. The summed E-state index contributed by atoms with van der Waals surface area (Å²) >= 11 is 0. The molecule has 0 heterocycles. The first kappa shape index (κ1) is 54.9. The molecule has 344 valence electrons. The number of hydrogen-bond acceptors (Lipinski definition) is 13. The molecule has 0 saturated carbocycles. The topological polar surface area (TPSA) is 412 Å². The fourth-order valence-corrected chi connectivity index (χ4v) is 5.69. The Kier molecular flexibility index (Phi) is 26.7. The van der Waals surface area contributed by atoms with E-state index < -0.39 is 108 Å². The van der Waals surface area contributed by atoms with Gasteiger partial charge in [-0.1, -0.05) is 34.1 Å². The minimum atomic E-state index is -1.77. The third-order valence-electron chi connectivity index (χ3n) is 9.60. The zero-order valence-electron chi connectivity index (χ0n) is 35.4. The molecule has 0 aromatic carbocycles. The van der Waals surface area contributed by atoms with Crippen molar-refractivity contribution < 1.29 is 53.7 Å². The fourth-order valence-electron chi connectivity index (χ4n) is 5.69. The average Bonchev–Trinajstić information content (AvgIpc) is 3.17. The van der Waals surface area contributed by atoms with Crippen molar-refractivity contribution in [1.29, 1.82) is 0 Å². The number of unbranched alkanes of at least 4 members (excludes halogenated alkanes) is 2. The number of nitrogens with two attached hydrogens (primary N) is 5. The Hall–Kier alpha value is -5.13. The van der Waals surface area contributed by atoms with Crippen molar-refractivity contribution in [2.45, 2.75) is 147 Å². The van der Waals surface area contributed by atoms with Crippen molar-refractivity contribution in [3.8, 4) is 0 Å². The Labute approximate surface area is 350 Å². The Balaban J connectivity index is 6.54. The normalized spacial score (nSPS) is 15.6. The van der Waals surface area contributed by atoms with Crippen LogP contribution in [0.5, 0.6) is 0 Å². The smallest absolute Gasteiger partial charge is 0.326 e. The SMILES string of the molecule is CC[C@H](C)[C@H](N)C(=O)N[C@@H](CCCCN)C(=O)N[C@H](C(=O)N[C@@H](CCCCN)C(=O)N[C@@H](CCCN=C(N)N)C(=O)N[C@@H](CC(=O)O)C(=O)N[C@H](C(=O)O)C(C)C)[C@@H](C)O. The molecule has 9 atom stereocenters. The molecule has 23 heteroatoms. The van der Waals surface area contributed by atoms with E-state index in [9.17, 15) is 53.7 Å². The summed E-state index contributed by atoms with van der Waals surface area (Å²) < 4.78 is 0. The van der Waals surface area contributed by atoms with Gasteiger partial charge in [0.2, 0.25) is 35.4 Å². The summed E-state index contributed by atoms with van der Waals surface area (Å²) in [4.78, 5) is 108. The predicted octanol–water partition coefficient (Wildman–Crippen LogP) is -3.82. The first-order valence-electron chi connectivity index (χ1n) is 20.3. The molecule has 23 nitrogen and oxygen atoms in total. The third kappa shape index (κ3) is 21.2. The van der Waals surface area contributed by atoms with Gasteiger partial charge in [0.25, 0.3) is 0 Å². The van der Waals surface area contributed by atoms with Crippen LogP contribution in [0, 0.1) is 11.8 Å². The number of aliphatic hydroxyl groups is 1. The molecular weight excluding hydrogens is 788 g/mol.